The number of hydrogen-bond donors (Lipinski definition) is 2. The van der Waals surface area contributed by atoms with E-state index >= 15 is 0 Å². The van der Waals surface area contributed by atoms with Crippen LogP contribution in [0.25, 0.3) is 0 Å². The summed E-state index contributed by atoms with van der Waals surface area (Å²) in [5, 5.41) is 5.67. The van der Waals surface area contributed by atoms with Crippen LogP contribution in [0.3, 0.4) is 0 Å². The van der Waals surface area contributed by atoms with Crippen molar-refractivity contribution in [3.8, 4) is 0 Å². The quantitative estimate of drug-likeness (QED) is 0.873. The summed E-state index contributed by atoms with van der Waals surface area (Å²) in [5.41, 5.74) is 1.16. The van der Waals surface area contributed by atoms with Gasteiger partial charge in [0.25, 0.3) is 0 Å². The van der Waals surface area contributed by atoms with Gasteiger partial charge in [-0.2, -0.15) is 0 Å². The molecule has 2 aromatic heterocycles. The first-order valence-electron chi connectivity index (χ1n) is 6.37. The Hall–Kier alpha value is -1.99. The molecule has 0 fully saturated rings. The molecule has 0 saturated heterocycles. The second-order valence-corrected chi connectivity index (χ2v) is 5.37. The number of amides is 2. The number of rotatable bonds is 2. The Bertz CT molecular complexity index is 688. The number of halogens is 2. The van der Waals surface area contributed by atoms with Gasteiger partial charge >= 0.3 is 6.03 Å². The molecule has 9 heteroatoms. The van der Waals surface area contributed by atoms with Gasteiger partial charge in [0, 0.05) is 0 Å². The van der Waals surface area contributed by atoms with Gasteiger partial charge in [-0.05, 0) is 27.7 Å². The van der Waals surface area contributed by atoms with E-state index in [1.807, 2.05) is 0 Å². The van der Waals surface area contributed by atoms with Crippen molar-refractivity contribution >= 4 is 40.9 Å². The van der Waals surface area contributed by atoms with Gasteiger partial charge in [-0.1, -0.05) is 23.2 Å². The minimum absolute atomic E-state index is 0.225. The predicted molar refractivity (Wildman–Crippen MR) is 85.7 cm³/mol. The van der Waals surface area contributed by atoms with Crippen LogP contribution in [0.4, 0.5) is 16.4 Å². The molecule has 22 heavy (non-hydrogen) atoms. The number of aromatic nitrogens is 4. The number of anilines is 2. The maximum absolute atomic E-state index is 12.1. The third-order valence-electron chi connectivity index (χ3n) is 2.72. The molecular formula is C13H14Cl2N6O. The number of nitrogens with one attached hydrogen (secondary N) is 2. The zero-order valence-electron chi connectivity index (χ0n) is 12.5. The van der Waals surface area contributed by atoms with E-state index in [1.165, 1.54) is 0 Å². The largest absolute Gasteiger partial charge is 0.326 e. The molecule has 2 rings (SSSR count). The highest BCUT2D eigenvalue weighted by Gasteiger charge is 2.14. The van der Waals surface area contributed by atoms with E-state index < -0.39 is 6.03 Å². The van der Waals surface area contributed by atoms with Crippen LogP contribution in [0.15, 0.2) is 0 Å². The molecule has 0 aromatic carbocycles. The van der Waals surface area contributed by atoms with Gasteiger partial charge in [-0.15, -0.1) is 0 Å². The Morgan fingerprint density at radius 2 is 1.14 bits per heavy atom. The fourth-order valence-electron chi connectivity index (χ4n) is 1.81. The molecule has 0 atom stereocenters. The van der Waals surface area contributed by atoms with E-state index in [-0.39, 0.29) is 21.7 Å². The third kappa shape index (κ3) is 3.61. The Morgan fingerprint density at radius 3 is 1.50 bits per heavy atom. The highest BCUT2D eigenvalue weighted by molar-refractivity contribution is 6.35. The average molecular weight is 341 g/mol. The molecule has 0 radical (unpaired) electrons. The first-order chi connectivity index (χ1) is 10.3. The van der Waals surface area contributed by atoms with Gasteiger partial charge in [0.05, 0.1) is 11.4 Å². The van der Waals surface area contributed by atoms with Gasteiger partial charge in [0.15, 0.2) is 11.6 Å². The average Bonchev–Trinajstić information content (AvgIpc) is 2.41. The SMILES string of the molecule is Cc1nc(C)c(Cl)c(NC(=O)Nc2nc(C)nc(C)c2Cl)n1. The lowest BCUT2D eigenvalue weighted by atomic mass is 10.4. The van der Waals surface area contributed by atoms with Crippen molar-refractivity contribution in [3.63, 3.8) is 0 Å². The Labute approximate surface area is 137 Å². The van der Waals surface area contributed by atoms with Gasteiger partial charge in [-0.3, -0.25) is 10.6 Å². The molecule has 2 amide bonds. The van der Waals surface area contributed by atoms with Crippen LogP contribution in [0, 0.1) is 27.7 Å². The summed E-state index contributed by atoms with van der Waals surface area (Å²) >= 11 is 12.1. The monoisotopic (exact) mass is 340 g/mol. The summed E-state index contributed by atoms with van der Waals surface area (Å²) < 4.78 is 0. The van der Waals surface area contributed by atoms with Crippen LogP contribution in [-0.4, -0.2) is 26.0 Å². The molecule has 0 spiro atoms. The van der Waals surface area contributed by atoms with Crippen molar-refractivity contribution < 1.29 is 4.79 Å². The van der Waals surface area contributed by atoms with Gasteiger partial charge in [0.1, 0.15) is 21.7 Å². The highest BCUT2D eigenvalue weighted by atomic mass is 35.5. The lowest BCUT2D eigenvalue weighted by molar-refractivity contribution is 0.262. The molecule has 116 valence electrons. The van der Waals surface area contributed by atoms with Gasteiger partial charge < -0.3 is 0 Å². The topological polar surface area (TPSA) is 92.7 Å². The van der Waals surface area contributed by atoms with Gasteiger partial charge in [-0.25, -0.2) is 24.7 Å². The smallest absolute Gasteiger partial charge is 0.291 e. The maximum atomic E-state index is 12.1. The zero-order chi connectivity index (χ0) is 16.4. The summed E-state index contributed by atoms with van der Waals surface area (Å²) in [6, 6.07) is -0.557. The van der Waals surface area contributed by atoms with E-state index in [0.717, 1.165) is 0 Å². The number of carbonyl (C=O) groups is 1. The summed E-state index contributed by atoms with van der Waals surface area (Å²) in [5.74, 6) is 1.46. The van der Waals surface area contributed by atoms with Crippen molar-refractivity contribution in [2.45, 2.75) is 27.7 Å². The number of urea groups is 1. The van der Waals surface area contributed by atoms with Crippen molar-refractivity contribution in [2.24, 2.45) is 0 Å². The minimum atomic E-state index is -0.557. The van der Waals surface area contributed by atoms with E-state index in [9.17, 15) is 4.79 Å². The second kappa shape index (κ2) is 6.41. The van der Waals surface area contributed by atoms with E-state index in [4.69, 9.17) is 23.2 Å². The van der Waals surface area contributed by atoms with E-state index in [2.05, 4.69) is 30.6 Å². The van der Waals surface area contributed by atoms with Crippen molar-refractivity contribution in [2.75, 3.05) is 10.6 Å². The first kappa shape index (κ1) is 16.4. The standard InChI is InChI=1S/C13H14Cl2N6O/c1-5-9(14)11(18-7(3)16-5)20-13(22)21-12-10(15)6(2)17-8(4)19-12/h1-4H3,(H2,16,17,18,19,20,21,22). The summed E-state index contributed by atoms with van der Waals surface area (Å²) in [6.45, 7) is 6.88. The fourth-order valence-corrected chi connectivity index (χ4v) is 2.07. The molecule has 0 bridgehead atoms. The molecule has 0 unspecified atom stereocenters. The van der Waals surface area contributed by atoms with E-state index in [0.29, 0.717) is 23.0 Å². The minimum Gasteiger partial charge on any atom is -0.291 e. The maximum Gasteiger partial charge on any atom is 0.326 e. The van der Waals surface area contributed by atoms with Crippen LogP contribution >= 0.6 is 23.2 Å². The predicted octanol–water partition coefficient (Wildman–Crippen LogP) is 3.45. The zero-order valence-corrected chi connectivity index (χ0v) is 14.0. The molecule has 0 aliphatic heterocycles. The lowest BCUT2D eigenvalue weighted by Gasteiger charge is -2.11. The first-order valence-corrected chi connectivity index (χ1v) is 7.13. The van der Waals surface area contributed by atoms with Crippen molar-refractivity contribution in [1.29, 1.82) is 0 Å². The molecule has 7 nitrogen and oxygen atoms in total. The third-order valence-corrected chi connectivity index (χ3v) is 3.63. The van der Waals surface area contributed by atoms with Crippen LogP contribution in [0.2, 0.25) is 10.0 Å². The van der Waals surface area contributed by atoms with Crippen LogP contribution in [0.5, 0.6) is 0 Å². The van der Waals surface area contributed by atoms with Gasteiger partial charge in [0.2, 0.25) is 0 Å². The normalized spacial score (nSPS) is 10.5. The number of nitrogens with zero attached hydrogens (tertiary/aromatic N) is 4. The molecule has 2 N–H and O–H groups in total. The fraction of sp³-hybridized carbons (Fsp3) is 0.308. The molecule has 0 aliphatic rings. The number of hydrogen-bond acceptors (Lipinski definition) is 5. The van der Waals surface area contributed by atoms with Crippen LogP contribution < -0.4 is 10.6 Å². The van der Waals surface area contributed by atoms with Crippen LogP contribution in [0.1, 0.15) is 23.0 Å². The molecule has 2 aromatic rings. The molecule has 2 heterocycles. The Kier molecular flexibility index (Phi) is 4.77. The summed E-state index contributed by atoms with van der Waals surface area (Å²) in [7, 11) is 0. The Balaban J connectivity index is 2.21. The summed E-state index contributed by atoms with van der Waals surface area (Å²) in [6.07, 6.45) is 0. The number of carbonyl (C=O) groups excluding carboxylic acids is 1. The molecular weight excluding hydrogens is 327 g/mol. The molecule has 0 saturated carbocycles. The van der Waals surface area contributed by atoms with Crippen molar-refractivity contribution in [3.05, 3.63) is 33.1 Å². The highest BCUT2D eigenvalue weighted by Crippen LogP contribution is 2.24. The molecule has 0 aliphatic carbocycles. The second-order valence-electron chi connectivity index (χ2n) is 4.62. The number of aryl methyl sites for hydroxylation is 4. The van der Waals surface area contributed by atoms with Crippen molar-refractivity contribution in [1.82, 2.24) is 19.9 Å². The summed E-state index contributed by atoms with van der Waals surface area (Å²) in [4.78, 5) is 28.5. The van der Waals surface area contributed by atoms with E-state index in [1.54, 1.807) is 27.7 Å². The Morgan fingerprint density at radius 1 is 0.773 bits per heavy atom. The van der Waals surface area contributed by atoms with Crippen LogP contribution in [-0.2, 0) is 0 Å². The lowest BCUT2D eigenvalue weighted by Crippen LogP contribution is -2.22.